The third kappa shape index (κ3) is 3.37. The zero-order valence-corrected chi connectivity index (χ0v) is 12.4. The van der Waals surface area contributed by atoms with Crippen molar-refractivity contribution in [3.05, 3.63) is 11.9 Å². The topological polar surface area (TPSA) is 61.0 Å². The van der Waals surface area contributed by atoms with Crippen molar-refractivity contribution in [2.75, 3.05) is 5.73 Å². The highest BCUT2D eigenvalue weighted by Crippen LogP contribution is 2.37. The molecule has 1 aromatic heterocycles. The van der Waals surface area contributed by atoms with Crippen molar-refractivity contribution in [1.82, 2.24) is 9.97 Å². The molecule has 0 amide bonds. The van der Waals surface area contributed by atoms with Crippen molar-refractivity contribution in [1.29, 1.82) is 0 Å². The monoisotopic (exact) mass is 263 g/mol. The van der Waals surface area contributed by atoms with Gasteiger partial charge in [-0.05, 0) is 37.0 Å². The molecule has 0 atom stereocenters. The van der Waals surface area contributed by atoms with E-state index in [4.69, 9.17) is 10.5 Å². The second-order valence-electron chi connectivity index (χ2n) is 6.61. The normalized spacial score (nSPS) is 19.6. The molecule has 0 aliphatic heterocycles. The Morgan fingerprint density at radius 3 is 2.47 bits per heavy atom. The molecule has 1 aromatic rings. The van der Waals surface area contributed by atoms with E-state index in [1.54, 1.807) is 0 Å². The van der Waals surface area contributed by atoms with Crippen LogP contribution >= 0.6 is 0 Å². The lowest BCUT2D eigenvalue weighted by Crippen LogP contribution is -2.29. The van der Waals surface area contributed by atoms with E-state index in [-0.39, 0.29) is 12.0 Å². The molecule has 2 N–H and O–H groups in total. The SMILES string of the molecule is CC(C)c1c(N)ncnc1OC1CCC(C)(C)CC1. The average Bonchev–Trinajstić information content (AvgIpc) is 2.31. The molecule has 0 saturated heterocycles. The maximum atomic E-state index is 6.09. The van der Waals surface area contributed by atoms with Crippen LogP contribution in [-0.2, 0) is 0 Å². The van der Waals surface area contributed by atoms with E-state index in [9.17, 15) is 0 Å². The molecule has 0 radical (unpaired) electrons. The van der Waals surface area contributed by atoms with Gasteiger partial charge < -0.3 is 10.5 Å². The molecule has 1 saturated carbocycles. The Balaban J connectivity index is 2.10. The van der Waals surface area contributed by atoms with E-state index in [2.05, 4.69) is 37.7 Å². The minimum Gasteiger partial charge on any atom is -0.474 e. The fourth-order valence-electron chi connectivity index (χ4n) is 2.68. The van der Waals surface area contributed by atoms with Crippen molar-refractivity contribution in [3.63, 3.8) is 0 Å². The molecule has 19 heavy (non-hydrogen) atoms. The van der Waals surface area contributed by atoms with Gasteiger partial charge in [0.05, 0.1) is 5.56 Å². The summed E-state index contributed by atoms with van der Waals surface area (Å²) in [6.07, 6.45) is 6.34. The van der Waals surface area contributed by atoms with Crippen LogP contribution < -0.4 is 10.5 Å². The van der Waals surface area contributed by atoms with E-state index >= 15 is 0 Å². The zero-order valence-electron chi connectivity index (χ0n) is 12.4. The molecule has 0 bridgehead atoms. The third-order valence-corrected chi connectivity index (χ3v) is 4.02. The van der Waals surface area contributed by atoms with Gasteiger partial charge in [-0.1, -0.05) is 27.7 Å². The van der Waals surface area contributed by atoms with E-state index in [1.165, 1.54) is 19.2 Å². The summed E-state index contributed by atoms with van der Waals surface area (Å²) < 4.78 is 6.09. The van der Waals surface area contributed by atoms with Gasteiger partial charge in [-0.3, -0.25) is 0 Å². The van der Waals surface area contributed by atoms with Gasteiger partial charge in [-0.2, -0.15) is 0 Å². The summed E-state index contributed by atoms with van der Waals surface area (Å²) in [5.41, 5.74) is 7.33. The first-order valence-corrected chi connectivity index (χ1v) is 7.16. The van der Waals surface area contributed by atoms with Crippen LogP contribution in [0, 0.1) is 5.41 Å². The smallest absolute Gasteiger partial charge is 0.222 e. The molecule has 4 heteroatoms. The second kappa shape index (κ2) is 5.35. The molecule has 106 valence electrons. The quantitative estimate of drug-likeness (QED) is 0.906. The van der Waals surface area contributed by atoms with Crippen molar-refractivity contribution in [3.8, 4) is 5.88 Å². The fraction of sp³-hybridized carbons (Fsp3) is 0.733. The number of nitrogens with zero attached hydrogens (tertiary/aromatic N) is 2. The first kappa shape index (κ1) is 14.1. The Morgan fingerprint density at radius 1 is 1.26 bits per heavy atom. The van der Waals surface area contributed by atoms with Crippen molar-refractivity contribution >= 4 is 5.82 Å². The standard InChI is InChI=1S/C15H25N3O/c1-10(2)12-13(16)17-9-18-14(12)19-11-5-7-15(3,4)8-6-11/h9-11H,5-8H2,1-4H3,(H2,16,17,18). The number of ether oxygens (including phenoxy) is 1. The maximum absolute atomic E-state index is 6.09. The van der Waals surface area contributed by atoms with Gasteiger partial charge in [0.1, 0.15) is 18.2 Å². The first-order chi connectivity index (χ1) is 8.89. The molecule has 1 aliphatic carbocycles. The van der Waals surface area contributed by atoms with Crippen LogP contribution in [-0.4, -0.2) is 16.1 Å². The summed E-state index contributed by atoms with van der Waals surface area (Å²) >= 11 is 0. The summed E-state index contributed by atoms with van der Waals surface area (Å²) in [6.45, 7) is 8.83. The summed E-state index contributed by atoms with van der Waals surface area (Å²) in [7, 11) is 0. The van der Waals surface area contributed by atoms with E-state index in [1.807, 2.05) is 0 Å². The molecule has 1 aliphatic rings. The predicted octanol–water partition coefficient (Wildman–Crippen LogP) is 3.53. The molecule has 0 aromatic carbocycles. The Kier molecular flexibility index (Phi) is 3.97. The Labute approximate surface area is 115 Å². The predicted molar refractivity (Wildman–Crippen MR) is 77.2 cm³/mol. The lowest BCUT2D eigenvalue weighted by Gasteiger charge is -2.34. The van der Waals surface area contributed by atoms with Crippen molar-refractivity contribution in [2.45, 2.75) is 65.4 Å². The number of rotatable bonds is 3. The highest BCUT2D eigenvalue weighted by molar-refractivity contribution is 5.46. The van der Waals surface area contributed by atoms with Crippen molar-refractivity contribution < 1.29 is 4.74 Å². The zero-order chi connectivity index (χ0) is 14.0. The molecular formula is C15H25N3O. The van der Waals surface area contributed by atoms with Gasteiger partial charge in [0.15, 0.2) is 0 Å². The van der Waals surface area contributed by atoms with Crippen LogP contribution in [0.1, 0.15) is 64.9 Å². The summed E-state index contributed by atoms with van der Waals surface area (Å²) in [5, 5.41) is 0. The van der Waals surface area contributed by atoms with E-state index in [0.717, 1.165) is 18.4 Å². The number of hydrogen-bond donors (Lipinski definition) is 1. The Morgan fingerprint density at radius 2 is 1.89 bits per heavy atom. The lowest BCUT2D eigenvalue weighted by atomic mass is 9.76. The van der Waals surface area contributed by atoms with Crippen LogP contribution in [0.2, 0.25) is 0 Å². The first-order valence-electron chi connectivity index (χ1n) is 7.16. The Bertz CT molecular complexity index is 433. The minimum atomic E-state index is 0.264. The minimum absolute atomic E-state index is 0.264. The van der Waals surface area contributed by atoms with Crippen LogP contribution in [0.4, 0.5) is 5.82 Å². The highest BCUT2D eigenvalue weighted by Gasteiger charge is 2.29. The second-order valence-corrected chi connectivity index (χ2v) is 6.61. The number of nitrogen functional groups attached to an aromatic ring is 1. The van der Waals surface area contributed by atoms with Crippen LogP contribution in [0.5, 0.6) is 5.88 Å². The maximum Gasteiger partial charge on any atom is 0.222 e. The van der Waals surface area contributed by atoms with Gasteiger partial charge in [-0.25, -0.2) is 9.97 Å². The molecule has 0 spiro atoms. The summed E-state index contributed by atoms with van der Waals surface area (Å²) in [6, 6.07) is 0. The van der Waals surface area contributed by atoms with Gasteiger partial charge in [-0.15, -0.1) is 0 Å². The molecule has 1 fully saturated rings. The number of nitrogens with two attached hydrogens (primary N) is 1. The largest absolute Gasteiger partial charge is 0.474 e. The third-order valence-electron chi connectivity index (χ3n) is 4.02. The fourth-order valence-corrected chi connectivity index (χ4v) is 2.68. The molecule has 4 nitrogen and oxygen atoms in total. The number of aromatic nitrogens is 2. The van der Waals surface area contributed by atoms with Gasteiger partial charge in [0.2, 0.25) is 5.88 Å². The lowest BCUT2D eigenvalue weighted by molar-refractivity contribution is 0.0937. The summed E-state index contributed by atoms with van der Waals surface area (Å²) in [4.78, 5) is 8.34. The molecule has 2 rings (SSSR count). The average molecular weight is 263 g/mol. The number of anilines is 1. The molecule has 0 unspecified atom stereocenters. The van der Waals surface area contributed by atoms with Gasteiger partial charge in [0.25, 0.3) is 0 Å². The van der Waals surface area contributed by atoms with E-state index in [0.29, 0.717) is 17.1 Å². The van der Waals surface area contributed by atoms with Crippen LogP contribution in [0.3, 0.4) is 0 Å². The summed E-state index contributed by atoms with van der Waals surface area (Å²) in [5.74, 6) is 1.49. The van der Waals surface area contributed by atoms with E-state index < -0.39 is 0 Å². The highest BCUT2D eigenvalue weighted by atomic mass is 16.5. The van der Waals surface area contributed by atoms with Gasteiger partial charge in [0, 0.05) is 0 Å². The molecule has 1 heterocycles. The van der Waals surface area contributed by atoms with Gasteiger partial charge >= 0.3 is 0 Å². The van der Waals surface area contributed by atoms with Crippen LogP contribution in [0.15, 0.2) is 6.33 Å². The van der Waals surface area contributed by atoms with Crippen molar-refractivity contribution in [2.24, 2.45) is 5.41 Å². The Hall–Kier alpha value is -1.32. The number of hydrogen-bond acceptors (Lipinski definition) is 4. The molecular weight excluding hydrogens is 238 g/mol. The van der Waals surface area contributed by atoms with Crippen LogP contribution in [0.25, 0.3) is 0 Å².